The zero-order valence-corrected chi connectivity index (χ0v) is 10.6. The first-order valence-corrected chi connectivity index (χ1v) is 6.15. The number of hydrogen-bond donors (Lipinski definition) is 1. The van der Waals surface area contributed by atoms with E-state index in [0.717, 1.165) is 18.4 Å². The molecule has 0 amide bonds. The van der Waals surface area contributed by atoms with Crippen molar-refractivity contribution >= 4 is 0 Å². The maximum Gasteiger partial charge on any atom is 0.269 e. The highest BCUT2D eigenvalue weighted by molar-refractivity contribution is 5.02. The van der Waals surface area contributed by atoms with Gasteiger partial charge in [-0.1, -0.05) is 19.1 Å². The third-order valence-corrected chi connectivity index (χ3v) is 3.29. The van der Waals surface area contributed by atoms with Gasteiger partial charge in [-0.05, 0) is 39.0 Å². The van der Waals surface area contributed by atoms with E-state index in [4.69, 9.17) is 9.47 Å². The number of aliphatic hydroxyl groups is 1. The van der Waals surface area contributed by atoms with Gasteiger partial charge in [-0.3, -0.25) is 0 Å². The summed E-state index contributed by atoms with van der Waals surface area (Å²) in [5, 5.41) is 9.51. The zero-order chi connectivity index (χ0) is 12.1. The fourth-order valence-corrected chi connectivity index (χ4v) is 2.37. The van der Waals surface area contributed by atoms with Crippen LogP contribution < -0.4 is 0 Å². The van der Waals surface area contributed by atoms with E-state index in [9.17, 15) is 5.11 Å². The fraction of sp³-hybridized carbons (Fsp3) is 0.846. The second-order valence-corrected chi connectivity index (χ2v) is 4.81. The largest absolute Gasteiger partial charge is 0.346 e. The van der Waals surface area contributed by atoms with Gasteiger partial charge in [-0.2, -0.15) is 0 Å². The number of aliphatic hydroxyl groups excluding tert-OH is 1. The molecule has 0 aromatic carbocycles. The molecule has 0 aromatic heterocycles. The van der Waals surface area contributed by atoms with E-state index in [0.29, 0.717) is 18.4 Å². The van der Waals surface area contributed by atoms with Crippen LogP contribution in [0.15, 0.2) is 12.2 Å². The molecule has 3 nitrogen and oxygen atoms in total. The Morgan fingerprint density at radius 1 is 1.50 bits per heavy atom. The predicted molar refractivity (Wildman–Crippen MR) is 63.8 cm³/mol. The lowest BCUT2D eigenvalue weighted by Crippen LogP contribution is -2.35. The van der Waals surface area contributed by atoms with E-state index in [1.54, 1.807) is 0 Å². The molecule has 16 heavy (non-hydrogen) atoms. The van der Waals surface area contributed by atoms with Crippen LogP contribution in [0.4, 0.5) is 0 Å². The van der Waals surface area contributed by atoms with Gasteiger partial charge < -0.3 is 14.6 Å². The van der Waals surface area contributed by atoms with Crippen LogP contribution in [0.5, 0.6) is 0 Å². The monoisotopic (exact) mass is 228 g/mol. The average molecular weight is 228 g/mol. The van der Waals surface area contributed by atoms with Crippen molar-refractivity contribution in [2.45, 2.75) is 52.6 Å². The molecular formula is C13H24O3. The molecule has 4 atom stereocenters. The van der Waals surface area contributed by atoms with E-state index >= 15 is 0 Å². The zero-order valence-electron chi connectivity index (χ0n) is 10.6. The minimum absolute atomic E-state index is 0.0443. The van der Waals surface area contributed by atoms with Crippen molar-refractivity contribution in [2.75, 3.05) is 6.61 Å². The maximum absolute atomic E-state index is 9.51. The first-order valence-electron chi connectivity index (χ1n) is 6.15. The second-order valence-electron chi connectivity index (χ2n) is 4.81. The predicted octanol–water partition coefficient (Wildman–Crippen LogP) is 2.70. The molecular weight excluding hydrogens is 204 g/mol. The van der Waals surface area contributed by atoms with Gasteiger partial charge in [-0.25, -0.2) is 0 Å². The third kappa shape index (κ3) is 3.89. The molecule has 3 heteroatoms. The summed E-state index contributed by atoms with van der Waals surface area (Å²) in [4.78, 5) is 0. The third-order valence-electron chi connectivity index (χ3n) is 3.29. The van der Waals surface area contributed by atoms with Crippen molar-refractivity contribution in [3.8, 4) is 0 Å². The normalized spacial score (nSPS) is 32.4. The summed E-state index contributed by atoms with van der Waals surface area (Å²) in [5.74, 6) is 1.00. The standard InChI is InChI=1S/C13H24O3/c1-5-15-13(14)16-12-8-10(4)6-7-11(12)9(2)3/h10-14H,2,5-8H2,1,3-4H3/t10-,11+,12+,13?/m1/s1. The smallest absolute Gasteiger partial charge is 0.269 e. The average Bonchev–Trinajstić information content (AvgIpc) is 2.17. The van der Waals surface area contributed by atoms with Gasteiger partial charge in [0.1, 0.15) is 0 Å². The Balaban J connectivity index is 2.53. The van der Waals surface area contributed by atoms with Crippen LogP contribution in [0.2, 0.25) is 0 Å². The van der Waals surface area contributed by atoms with Gasteiger partial charge >= 0.3 is 0 Å². The van der Waals surface area contributed by atoms with Gasteiger partial charge in [-0.15, -0.1) is 0 Å². The SMILES string of the molecule is C=C(C)[C@@H]1CC[C@@H](C)C[C@@H]1OC(O)OCC. The number of ether oxygens (including phenoxy) is 2. The lowest BCUT2D eigenvalue weighted by Gasteiger charge is -2.36. The van der Waals surface area contributed by atoms with Gasteiger partial charge in [0.15, 0.2) is 0 Å². The van der Waals surface area contributed by atoms with Crippen molar-refractivity contribution in [1.82, 2.24) is 0 Å². The van der Waals surface area contributed by atoms with E-state index in [1.165, 1.54) is 6.42 Å². The van der Waals surface area contributed by atoms with Crippen LogP contribution in [0.1, 0.15) is 40.0 Å². The van der Waals surface area contributed by atoms with Gasteiger partial charge in [0, 0.05) is 12.5 Å². The minimum Gasteiger partial charge on any atom is -0.346 e. The molecule has 0 aromatic rings. The highest BCUT2D eigenvalue weighted by atomic mass is 16.8. The van der Waals surface area contributed by atoms with Crippen LogP contribution in [0.3, 0.4) is 0 Å². The van der Waals surface area contributed by atoms with Gasteiger partial charge in [0.05, 0.1) is 6.10 Å². The van der Waals surface area contributed by atoms with E-state index < -0.39 is 6.48 Å². The number of hydrogen-bond acceptors (Lipinski definition) is 3. The molecule has 0 spiro atoms. The Hall–Kier alpha value is -0.380. The summed E-state index contributed by atoms with van der Waals surface area (Å²) >= 11 is 0. The van der Waals surface area contributed by atoms with Crippen LogP contribution in [-0.4, -0.2) is 24.3 Å². The Morgan fingerprint density at radius 3 is 2.75 bits per heavy atom. The second kappa shape index (κ2) is 6.38. The van der Waals surface area contributed by atoms with Crippen LogP contribution in [0, 0.1) is 11.8 Å². The molecule has 0 aliphatic heterocycles. The molecule has 1 saturated carbocycles. The van der Waals surface area contributed by atoms with Crippen LogP contribution >= 0.6 is 0 Å². The van der Waals surface area contributed by atoms with E-state index in [2.05, 4.69) is 13.5 Å². The molecule has 1 aliphatic rings. The lowest BCUT2D eigenvalue weighted by molar-refractivity contribution is -0.289. The summed E-state index contributed by atoms with van der Waals surface area (Å²) in [6.07, 6.45) is 3.33. The summed E-state index contributed by atoms with van der Waals surface area (Å²) in [6.45, 7) is 9.46. The first kappa shape index (κ1) is 13.7. The summed E-state index contributed by atoms with van der Waals surface area (Å²) in [5.41, 5.74) is 1.14. The minimum atomic E-state index is -1.10. The van der Waals surface area contributed by atoms with Crippen molar-refractivity contribution in [3.63, 3.8) is 0 Å². The van der Waals surface area contributed by atoms with Crippen LogP contribution in [0.25, 0.3) is 0 Å². The molecule has 0 radical (unpaired) electrons. The van der Waals surface area contributed by atoms with Gasteiger partial charge in [0.2, 0.25) is 0 Å². The molecule has 1 N–H and O–H groups in total. The molecule has 0 heterocycles. The Bertz CT molecular complexity index is 227. The van der Waals surface area contributed by atoms with E-state index in [1.807, 2.05) is 13.8 Å². The molecule has 0 saturated heterocycles. The van der Waals surface area contributed by atoms with Crippen molar-refractivity contribution in [1.29, 1.82) is 0 Å². The first-order chi connectivity index (χ1) is 7.54. The fourth-order valence-electron chi connectivity index (χ4n) is 2.37. The van der Waals surface area contributed by atoms with Gasteiger partial charge in [0.25, 0.3) is 6.48 Å². The summed E-state index contributed by atoms with van der Waals surface area (Å²) in [7, 11) is 0. The summed E-state index contributed by atoms with van der Waals surface area (Å²) in [6, 6.07) is 0. The maximum atomic E-state index is 9.51. The van der Waals surface area contributed by atoms with Crippen molar-refractivity contribution in [2.24, 2.45) is 11.8 Å². The summed E-state index contributed by atoms with van der Waals surface area (Å²) < 4.78 is 10.6. The van der Waals surface area contributed by atoms with Crippen molar-refractivity contribution in [3.05, 3.63) is 12.2 Å². The highest BCUT2D eigenvalue weighted by Gasteiger charge is 2.31. The molecule has 1 unspecified atom stereocenters. The van der Waals surface area contributed by atoms with E-state index in [-0.39, 0.29) is 6.10 Å². The Morgan fingerprint density at radius 2 is 2.19 bits per heavy atom. The highest BCUT2D eigenvalue weighted by Crippen LogP contribution is 2.35. The molecule has 94 valence electrons. The topological polar surface area (TPSA) is 38.7 Å². The van der Waals surface area contributed by atoms with Crippen molar-refractivity contribution < 1.29 is 14.6 Å². The quantitative estimate of drug-likeness (QED) is 0.581. The molecule has 1 fully saturated rings. The Kier molecular flexibility index (Phi) is 5.46. The number of rotatable bonds is 5. The molecule has 1 rings (SSSR count). The van der Waals surface area contributed by atoms with Crippen LogP contribution in [-0.2, 0) is 9.47 Å². The lowest BCUT2D eigenvalue weighted by atomic mass is 9.78. The molecule has 0 bridgehead atoms. The Labute approximate surface area is 98.4 Å². The molecule has 1 aliphatic carbocycles.